The van der Waals surface area contributed by atoms with Gasteiger partial charge in [0.25, 0.3) is 6.47 Å². The van der Waals surface area contributed by atoms with E-state index in [1.165, 1.54) is 0 Å². The first-order chi connectivity index (χ1) is 7.31. The van der Waals surface area contributed by atoms with Crippen molar-refractivity contribution in [1.29, 1.82) is 0 Å². The average Bonchev–Trinajstić information content (AvgIpc) is 2.29. The largest absolute Gasteiger partial charge is 0.486 e. The molecular weight excluding hydrogens is 196 g/mol. The number of fused-ring (bicyclic) bond motifs is 1. The summed E-state index contributed by atoms with van der Waals surface area (Å²) in [4.78, 5) is 10.2. The van der Waals surface area contributed by atoms with Crippen molar-refractivity contribution in [2.45, 2.75) is 19.1 Å². The van der Waals surface area contributed by atoms with Crippen molar-refractivity contribution in [3.8, 4) is 11.5 Å². The van der Waals surface area contributed by atoms with Gasteiger partial charge in [-0.05, 0) is 19.1 Å². The second kappa shape index (κ2) is 4.21. The minimum Gasteiger partial charge on any atom is -0.486 e. The molecule has 0 saturated carbocycles. The van der Waals surface area contributed by atoms with E-state index in [4.69, 9.17) is 14.2 Å². The van der Waals surface area contributed by atoms with Crippen LogP contribution in [0.15, 0.2) is 24.3 Å². The van der Waals surface area contributed by atoms with Gasteiger partial charge >= 0.3 is 0 Å². The lowest BCUT2D eigenvalue weighted by atomic mass is 10.2. The summed E-state index contributed by atoms with van der Waals surface area (Å²) in [7, 11) is 0. The molecule has 0 N–H and O–H groups in total. The fourth-order valence-electron chi connectivity index (χ4n) is 1.44. The molecule has 4 heteroatoms. The molecule has 0 amide bonds. The highest BCUT2D eigenvalue weighted by molar-refractivity contribution is 5.41. The summed E-state index contributed by atoms with van der Waals surface area (Å²) in [6.45, 7) is 2.59. The molecule has 1 aromatic rings. The van der Waals surface area contributed by atoms with Crippen molar-refractivity contribution in [2.75, 3.05) is 6.61 Å². The molecule has 2 rings (SSSR count). The van der Waals surface area contributed by atoms with Crippen LogP contribution in [0.3, 0.4) is 0 Å². The van der Waals surface area contributed by atoms with Gasteiger partial charge in [-0.15, -0.1) is 0 Å². The monoisotopic (exact) mass is 208 g/mol. The summed E-state index contributed by atoms with van der Waals surface area (Å²) in [5.41, 5.74) is 0. The Bertz CT molecular complexity index is 350. The van der Waals surface area contributed by atoms with Gasteiger partial charge in [-0.1, -0.05) is 12.1 Å². The summed E-state index contributed by atoms with van der Waals surface area (Å²) in [5, 5.41) is 0. The Hall–Kier alpha value is -1.71. The molecule has 2 unspecified atom stereocenters. The minimum atomic E-state index is -0.309. The molecule has 80 valence electrons. The molecule has 1 aliphatic heterocycles. The van der Waals surface area contributed by atoms with Crippen LogP contribution in [0.5, 0.6) is 11.5 Å². The molecule has 0 fully saturated rings. The smallest absolute Gasteiger partial charge is 0.293 e. The Kier molecular flexibility index (Phi) is 2.76. The van der Waals surface area contributed by atoms with Gasteiger partial charge in [0.15, 0.2) is 17.6 Å². The molecule has 0 radical (unpaired) electrons. The van der Waals surface area contributed by atoms with Gasteiger partial charge in [-0.3, -0.25) is 4.79 Å². The van der Waals surface area contributed by atoms with Crippen LogP contribution in [-0.4, -0.2) is 25.3 Å². The number of ether oxygens (including phenoxy) is 3. The van der Waals surface area contributed by atoms with E-state index in [0.29, 0.717) is 18.8 Å². The van der Waals surface area contributed by atoms with Crippen molar-refractivity contribution >= 4 is 6.47 Å². The number of carbonyl (C=O) groups excluding carboxylic acids is 1. The van der Waals surface area contributed by atoms with E-state index in [2.05, 4.69) is 0 Å². The summed E-state index contributed by atoms with van der Waals surface area (Å²) in [6, 6.07) is 7.43. The highest BCUT2D eigenvalue weighted by Gasteiger charge is 2.26. The van der Waals surface area contributed by atoms with E-state index in [1.807, 2.05) is 24.3 Å². The van der Waals surface area contributed by atoms with E-state index in [1.54, 1.807) is 6.92 Å². The third-order valence-corrected chi connectivity index (χ3v) is 2.32. The van der Waals surface area contributed by atoms with E-state index in [0.717, 1.165) is 5.75 Å². The molecule has 0 aliphatic carbocycles. The second-order valence-electron chi connectivity index (χ2n) is 3.35. The van der Waals surface area contributed by atoms with E-state index < -0.39 is 0 Å². The van der Waals surface area contributed by atoms with Gasteiger partial charge in [-0.25, -0.2) is 0 Å². The van der Waals surface area contributed by atoms with Crippen LogP contribution in [0.25, 0.3) is 0 Å². The first kappa shape index (κ1) is 9.83. The van der Waals surface area contributed by atoms with E-state index in [9.17, 15) is 4.79 Å². The Morgan fingerprint density at radius 2 is 2.20 bits per heavy atom. The first-order valence-corrected chi connectivity index (χ1v) is 4.79. The maximum absolute atomic E-state index is 10.2. The first-order valence-electron chi connectivity index (χ1n) is 4.79. The van der Waals surface area contributed by atoms with Crippen LogP contribution in [0.2, 0.25) is 0 Å². The highest BCUT2D eigenvalue weighted by atomic mass is 16.6. The minimum absolute atomic E-state index is 0.245. The number of hydrogen-bond acceptors (Lipinski definition) is 4. The lowest BCUT2D eigenvalue weighted by Gasteiger charge is -2.29. The fourth-order valence-corrected chi connectivity index (χ4v) is 1.44. The molecule has 2 atom stereocenters. The zero-order valence-corrected chi connectivity index (χ0v) is 8.38. The van der Waals surface area contributed by atoms with E-state index >= 15 is 0 Å². The van der Waals surface area contributed by atoms with Crippen LogP contribution in [0.1, 0.15) is 6.92 Å². The van der Waals surface area contributed by atoms with Crippen molar-refractivity contribution in [3.63, 3.8) is 0 Å². The average molecular weight is 208 g/mol. The Morgan fingerprint density at radius 1 is 1.47 bits per heavy atom. The number of benzene rings is 1. The fraction of sp³-hybridized carbons (Fsp3) is 0.364. The number of hydrogen-bond donors (Lipinski definition) is 0. The highest BCUT2D eigenvalue weighted by Crippen LogP contribution is 2.31. The summed E-state index contributed by atoms with van der Waals surface area (Å²) in [5.74, 6) is 1.42. The van der Waals surface area contributed by atoms with Crippen molar-refractivity contribution < 1.29 is 19.0 Å². The zero-order chi connectivity index (χ0) is 10.7. The maximum atomic E-state index is 10.2. The molecule has 0 bridgehead atoms. The van der Waals surface area contributed by atoms with Crippen LogP contribution >= 0.6 is 0 Å². The van der Waals surface area contributed by atoms with Crippen LogP contribution in [-0.2, 0) is 9.53 Å². The molecule has 1 aliphatic rings. The Labute approximate surface area is 87.8 Å². The zero-order valence-electron chi connectivity index (χ0n) is 8.38. The molecule has 4 nitrogen and oxygen atoms in total. The summed E-state index contributed by atoms with van der Waals surface area (Å²) in [6.07, 6.45) is -0.555. The van der Waals surface area contributed by atoms with Crippen molar-refractivity contribution in [1.82, 2.24) is 0 Å². The molecule has 0 spiro atoms. The lowest BCUT2D eigenvalue weighted by Crippen LogP contribution is -2.39. The number of rotatable bonds is 3. The Balaban J connectivity index is 2.08. The second-order valence-corrected chi connectivity index (χ2v) is 3.35. The predicted octanol–water partition coefficient (Wildman–Crippen LogP) is 1.39. The quantitative estimate of drug-likeness (QED) is 0.704. The summed E-state index contributed by atoms with van der Waals surface area (Å²) < 4.78 is 15.9. The van der Waals surface area contributed by atoms with Gasteiger partial charge in [0.2, 0.25) is 0 Å². The number of carbonyl (C=O) groups is 1. The molecule has 0 saturated heterocycles. The summed E-state index contributed by atoms with van der Waals surface area (Å²) >= 11 is 0. The van der Waals surface area contributed by atoms with Gasteiger partial charge in [0.1, 0.15) is 12.7 Å². The topological polar surface area (TPSA) is 44.8 Å². The van der Waals surface area contributed by atoms with Gasteiger partial charge < -0.3 is 14.2 Å². The lowest BCUT2D eigenvalue weighted by molar-refractivity contribution is -0.138. The number of para-hydroxylation sites is 2. The van der Waals surface area contributed by atoms with Crippen LogP contribution < -0.4 is 9.47 Å². The molecule has 0 aromatic heterocycles. The van der Waals surface area contributed by atoms with Crippen LogP contribution in [0.4, 0.5) is 0 Å². The van der Waals surface area contributed by atoms with Gasteiger partial charge in [-0.2, -0.15) is 0 Å². The third kappa shape index (κ3) is 2.03. The molecule has 1 aromatic carbocycles. The SMILES string of the molecule is CC(OC=O)C1COc2ccccc2O1. The standard InChI is InChI=1S/C11H12O4/c1-8(14-7-12)11-6-13-9-4-2-3-5-10(9)15-11/h2-5,7-8,11H,6H2,1H3. The normalized spacial score (nSPS) is 20.5. The predicted molar refractivity (Wildman–Crippen MR) is 53.0 cm³/mol. The van der Waals surface area contributed by atoms with Crippen molar-refractivity contribution in [2.24, 2.45) is 0 Å². The molecule has 1 heterocycles. The molecule has 15 heavy (non-hydrogen) atoms. The van der Waals surface area contributed by atoms with Crippen molar-refractivity contribution in [3.05, 3.63) is 24.3 Å². The van der Waals surface area contributed by atoms with Gasteiger partial charge in [0.05, 0.1) is 0 Å². The maximum Gasteiger partial charge on any atom is 0.293 e. The third-order valence-electron chi connectivity index (χ3n) is 2.32. The van der Waals surface area contributed by atoms with Crippen LogP contribution in [0, 0.1) is 0 Å². The Morgan fingerprint density at radius 3 is 2.93 bits per heavy atom. The molecular formula is C11H12O4. The van der Waals surface area contributed by atoms with Gasteiger partial charge in [0, 0.05) is 0 Å². The van der Waals surface area contributed by atoms with E-state index in [-0.39, 0.29) is 12.2 Å².